The number of hydrogen-bond acceptors (Lipinski definition) is 9. The summed E-state index contributed by atoms with van der Waals surface area (Å²) in [6, 6.07) is 15.3. The van der Waals surface area contributed by atoms with Crippen LogP contribution in [0.5, 0.6) is 0 Å². The Kier molecular flexibility index (Phi) is 7.69. The summed E-state index contributed by atoms with van der Waals surface area (Å²) in [6.07, 6.45) is 5.80. The minimum Gasteiger partial charge on any atom is -0.364 e. The van der Waals surface area contributed by atoms with E-state index in [9.17, 15) is 9.59 Å². The third-order valence-electron chi connectivity index (χ3n) is 11.0. The number of aromatic nitrogens is 6. The van der Waals surface area contributed by atoms with Crippen LogP contribution in [0.2, 0.25) is 0 Å². The highest BCUT2D eigenvalue weighted by molar-refractivity contribution is 6.39. The molecular formula is C37H39B2N11O2. The Balaban J connectivity index is 0.975. The molecule has 0 bridgehead atoms. The van der Waals surface area contributed by atoms with E-state index in [2.05, 4.69) is 61.4 Å². The molecule has 52 heavy (non-hydrogen) atoms. The number of nitrogens with one attached hydrogen (secondary N) is 2. The maximum atomic E-state index is 13.0. The van der Waals surface area contributed by atoms with E-state index in [-0.39, 0.29) is 29.8 Å². The zero-order valence-corrected chi connectivity index (χ0v) is 29.6. The van der Waals surface area contributed by atoms with Crippen molar-refractivity contribution in [1.82, 2.24) is 39.2 Å². The fourth-order valence-electron chi connectivity index (χ4n) is 7.79. The number of fused-ring (bicyclic) bond motifs is 4. The van der Waals surface area contributed by atoms with E-state index >= 15 is 0 Å². The number of pyridine rings is 1. The average molecular weight is 691 g/mol. The van der Waals surface area contributed by atoms with Crippen LogP contribution in [-0.4, -0.2) is 99.9 Å². The normalized spacial score (nSPS) is 19.0. The molecule has 2 saturated heterocycles. The van der Waals surface area contributed by atoms with Crippen LogP contribution in [0.4, 0.5) is 23.0 Å². The van der Waals surface area contributed by atoms with Crippen LogP contribution in [0.1, 0.15) is 72.3 Å². The lowest BCUT2D eigenvalue weighted by Gasteiger charge is -2.50. The highest BCUT2D eigenvalue weighted by Gasteiger charge is 2.42. The molecule has 13 nitrogen and oxygen atoms in total. The molecular weight excluding hydrogens is 652 g/mol. The molecule has 1 unspecified atom stereocenters. The number of rotatable bonds is 8. The molecule has 9 rings (SSSR count). The van der Waals surface area contributed by atoms with Crippen molar-refractivity contribution in [3.63, 3.8) is 0 Å². The summed E-state index contributed by atoms with van der Waals surface area (Å²) in [5.41, 5.74) is 7.49. The van der Waals surface area contributed by atoms with Crippen LogP contribution in [-0.2, 0) is 10.1 Å². The van der Waals surface area contributed by atoms with Gasteiger partial charge < -0.3 is 25.3 Å². The Morgan fingerprint density at radius 3 is 2.52 bits per heavy atom. The molecule has 5 aromatic rings. The van der Waals surface area contributed by atoms with Gasteiger partial charge in [0, 0.05) is 68.1 Å². The first-order valence-corrected chi connectivity index (χ1v) is 18.1. The quantitative estimate of drug-likeness (QED) is 0.231. The lowest BCUT2D eigenvalue weighted by atomic mass is 9.57. The Bertz CT molecular complexity index is 2230. The van der Waals surface area contributed by atoms with E-state index in [0.29, 0.717) is 41.8 Å². The number of hydrogen-bond donors (Lipinski definition) is 2. The highest BCUT2D eigenvalue weighted by atomic mass is 16.2. The van der Waals surface area contributed by atoms with Crippen molar-refractivity contribution in [3.05, 3.63) is 77.5 Å². The summed E-state index contributed by atoms with van der Waals surface area (Å²) >= 11 is 0. The second-order valence-corrected chi connectivity index (χ2v) is 14.6. The van der Waals surface area contributed by atoms with Crippen LogP contribution >= 0.6 is 0 Å². The van der Waals surface area contributed by atoms with E-state index in [1.54, 1.807) is 22.7 Å². The summed E-state index contributed by atoms with van der Waals surface area (Å²) in [7, 11) is 15.6. The number of carbonyl (C=O) groups is 2. The first-order valence-electron chi connectivity index (χ1n) is 18.1. The molecule has 1 aliphatic carbocycles. The fraction of sp³-hybridized carbons (Fsp3) is 0.405. The van der Waals surface area contributed by atoms with Crippen LogP contribution < -0.4 is 15.5 Å². The number of likely N-dealkylation sites (tertiary alicyclic amines) is 2. The van der Waals surface area contributed by atoms with Gasteiger partial charge in [0.05, 0.1) is 56.7 Å². The van der Waals surface area contributed by atoms with Gasteiger partial charge in [0.2, 0.25) is 5.91 Å². The molecule has 1 atom stereocenters. The second-order valence-electron chi connectivity index (χ2n) is 14.6. The molecule has 4 radical (unpaired) electrons. The molecule has 15 heteroatoms. The Labute approximate surface area is 304 Å². The van der Waals surface area contributed by atoms with Crippen LogP contribution in [0.25, 0.3) is 16.8 Å². The van der Waals surface area contributed by atoms with Gasteiger partial charge in [0.1, 0.15) is 17.3 Å². The maximum absolute atomic E-state index is 13.0. The molecule has 3 fully saturated rings. The van der Waals surface area contributed by atoms with E-state index in [1.807, 2.05) is 41.1 Å². The summed E-state index contributed by atoms with van der Waals surface area (Å²) in [4.78, 5) is 41.0. The molecule has 2 N–H and O–H groups in total. The monoisotopic (exact) mass is 691 g/mol. The van der Waals surface area contributed by atoms with Crippen LogP contribution in [0, 0.1) is 12.8 Å². The summed E-state index contributed by atoms with van der Waals surface area (Å²) < 4.78 is 3.88. The number of para-hydroxylation sites is 1. The third kappa shape index (κ3) is 5.44. The molecule has 2 amide bonds. The Morgan fingerprint density at radius 2 is 1.75 bits per heavy atom. The third-order valence-corrected chi connectivity index (χ3v) is 11.0. The number of benzene rings is 1. The van der Waals surface area contributed by atoms with Crippen molar-refractivity contribution in [2.45, 2.75) is 57.0 Å². The van der Waals surface area contributed by atoms with Gasteiger partial charge >= 0.3 is 0 Å². The van der Waals surface area contributed by atoms with E-state index < -0.39 is 5.34 Å². The molecule has 3 aliphatic heterocycles. The first-order chi connectivity index (χ1) is 25.1. The van der Waals surface area contributed by atoms with Crippen molar-refractivity contribution in [1.29, 1.82) is 0 Å². The first kappa shape index (κ1) is 32.7. The van der Waals surface area contributed by atoms with Gasteiger partial charge in [0.25, 0.3) is 5.91 Å². The predicted molar refractivity (Wildman–Crippen MR) is 200 cm³/mol. The minimum absolute atomic E-state index is 0.00250. The molecule has 4 aliphatic rings. The van der Waals surface area contributed by atoms with E-state index in [4.69, 9.17) is 20.8 Å². The summed E-state index contributed by atoms with van der Waals surface area (Å²) in [6.45, 7) is 6.77. The highest BCUT2D eigenvalue weighted by Crippen LogP contribution is 2.49. The molecule has 1 saturated carbocycles. The van der Waals surface area contributed by atoms with Gasteiger partial charge in [0.15, 0.2) is 5.65 Å². The van der Waals surface area contributed by atoms with Crippen LogP contribution in [0.3, 0.4) is 0 Å². The number of anilines is 4. The minimum atomic E-state index is -1.34. The van der Waals surface area contributed by atoms with E-state index in [0.717, 1.165) is 72.7 Å². The average Bonchev–Trinajstić information content (AvgIpc) is 3.45. The van der Waals surface area contributed by atoms with Crippen molar-refractivity contribution < 1.29 is 9.59 Å². The van der Waals surface area contributed by atoms with Gasteiger partial charge in [-0.05, 0) is 63.1 Å². The molecule has 7 heterocycles. The van der Waals surface area contributed by atoms with Gasteiger partial charge in [-0.15, -0.1) is 0 Å². The van der Waals surface area contributed by atoms with Crippen molar-refractivity contribution >= 4 is 56.2 Å². The van der Waals surface area contributed by atoms with E-state index in [1.165, 1.54) is 0 Å². The number of aryl methyl sites for hydroxylation is 1. The zero-order valence-electron chi connectivity index (χ0n) is 29.6. The fourth-order valence-corrected chi connectivity index (χ4v) is 7.79. The van der Waals surface area contributed by atoms with Gasteiger partial charge in [-0.2, -0.15) is 14.7 Å². The SMILES string of the molecule is [B]C([B])(c1cccc(C(=O)N2CCCC2)n1)N1CC(n2ncc3c2C(C)N(C)c2c(Nc4cc(NC(=O)C5CC5)nc5cc(C)nn45)cccc2-3)C1. The van der Waals surface area contributed by atoms with Gasteiger partial charge in [-0.1, -0.05) is 18.2 Å². The van der Waals surface area contributed by atoms with Crippen molar-refractivity contribution in [3.8, 4) is 11.1 Å². The zero-order chi connectivity index (χ0) is 35.9. The summed E-state index contributed by atoms with van der Waals surface area (Å²) in [5, 5.41) is 14.9. The van der Waals surface area contributed by atoms with Crippen molar-refractivity contribution in [2.75, 3.05) is 48.8 Å². The standard InChI is InChI=1S/C37H39B2N11O2/c1-21-16-31-43-30(44-35(51)23-12-13-23)17-32(50(31)45-21)42-27-9-6-8-25-26-18-40-49(33(26)22(2)46(3)34(25)27)24-19-48(20-24)37(38,39)29-11-7-10-28(41-29)36(52)47-14-4-5-15-47/h6-11,16-18,22-24,42H,4-5,12-15,19-20H2,1-3H3,(H,43,44,51). The Morgan fingerprint density at radius 1 is 0.981 bits per heavy atom. The molecule has 0 spiro atoms. The van der Waals surface area contributed by atoms with Crippen molar-refractivity contribution in [2.24, 2.45) is 5.92 Å². The van der Waals surface area contributed by atoms with Gasteiger partial charge in [-0.3, -0.25) is 14.3 Å². The largest absolute Gasteiger partial charge is 0.364 e. The van der Waals surface area contributed by atoms with Gasteiger partial charge in [-0.25, -0.2) is 9.97 Å². The molecule has 4 aromatic heterocycles. The molecule has 260 valence electrons. The topological polar surface area (TPSA) is 129 Å². The maximum Gasteiger partial charge on any atom is 0.272 e. The number of nitrogens with zero attached hydrogens (tertiary/aromatic N) is 9. The Hall–Kier alpha value is -5.17. The summed E-state index contributed by atoms with van der Waals surface area (Å²) in [5.74, 6) is 1.18. The second kappa shape index (κ2) is 12.2. The molecule has 1 aromatic carbocycles. The smallest absolute Gasteiger partial charge is 0.272 e. The predicted octanol–water partition coefficient (Wildman–Crippen LogP) is 4.14. The lowest BCUT2D eigenvalue weighted by Crippen LogP contribution is -2.60. The van der Waals surface area contributed by atoms with Crippen LogP contribution in [0.15, 0.2) is 54.7 Å². The number of carbonyl (C=O) groups excluding carboxylic acids is 2. The lowest BCUT2D eigenvalue weighted by molar-refractivity contribution is -0.117. The number of amides is 2.